The summed E-state index contributed by atoms with van der Waals surface area (Å²) >= 11 is 4.84. The van der Waals surface area contributed by atoms with Crippen molar-refractivity contribution in [3.8, 4) is 5.75 Å². The molecule has 2 amide bonds. The zero-order valence-corrected chi connectivity index (χ0v) is 15.4. The molecule has 8 nitrogen and oxygen atoms in total. The highest BCUT2D eigenvalue weighted by molar-refractivity contribution is 7.80. The van der Waals surface area contributed by atoms with Gasteiger partial charge >= 0.3 is 5.97 Å². The molecule has 9 heteroatoms. The Morgan fingerprint density at radius 3 is 2.38 bits per heavy atom. The third kappa shape index (κ3) is 8.78. The van der Waals surface area contributed by atoms with Gasteiger partial charge in [0.15, 0.2) is 11.7 Å². The average molecular weight is 379 g/mol. The van der Waals surface area contributed by atoms with Crippen LogP contribution in [0, 0.1) is 0 Å². The molecule has 0 fully saturated rings. The van der Waals surface area contributed by atoms with Gasteiger partial charge < -0.3 is 9.47 Å². The number of nitrogens with one attached hydrogen (secondary N) is 3. The molecule has 140 valence electrons. The third-order valence-corrected chi connectivity index (χ3v) is 3.12. The van der Waals surface area contributed by atoms with Crippen LogP contribution in [0.5, 0.6) is 5.75 Å². The molecule has 3 N–H and O–H groups in total. The van der Waals surface area contributed by atoms with E-state index in [1.165, 1.54) is 5.56 Å². The van der Waals surface area contributed by atoms with E-state index in [1.807, 2.05) is 19.1 Å². The summed E-state index contributed by atoms with van der Waals surface area (Å²) in [6.07, 6.45) is 2.86. The summed E-state index contributed by atoms with van der Waals surface area (Å²) < 4.78 is 9.95. The number of rotatable bonds is 7. The lowest BCUT2D eigenvalue weighted by atomic mass is 10.2. The highest BCUT2D eigenvalue weighted by Gasteiger charge is 2.06. The molecule has 0 radical (unpaired) electrons. The summed E-state index contributed by atoms with van der Waals surface area (Å²) in [5.74, 6) is -1.20. The summed E-state index contributed by atoms with van der Waals surface area (Å²) in [5, 5.41) is 2.12. The summed E-state index contributed by atoms with van der Waals surface area (Å²) in [6.45, 7) is 3.68. The molecule has 0 atom stereocenters. The molecule has 0 saturated carbocycles. The largest absolute Gasteiger partial charge is 0.484 e. The minimum Gasteiger partial charge on any atom is -0.484 e. The van der Waals surface area contributed by atoms with E-state index < -0.39 is 17.8 Å². The molecule has 1 aromatic carbocycles. The van der Waals surface area contributed by atoms with E-state index in [1.54, 1.807) is 19.1 Å². The molecule has 0 aliphatic carbocycles. The highest BCUT2D eigenvalue weighted by atomic mass is 32.1. The van der Waals surface area contributed by atoms with Crippen molar-refractivity contribution in [3.05, 3.63) is 42.0 Å². The van der Waals surface area contributed by atoms with Crippen LogP contribution in [0.4, 0.5) is 0 Å². The Morgan fingerprint density at radius 1 is 1.08 bits per heavy atom. The Labute approximate surface area is 156 Å². The lowest BCUT2D eigenvalue weighted by Gasteiger charge is -2.10. The van der Waals surface area contributed by atoms with Gasteiger partial charge in [-0.25, -0.2) is 4.79 Å². The fraction of sp³-hybridized carbons (Fsp3) is 0.294. The molecular formula is C17H21N3O5S. The number of hydrazine groups is 1. The maximum atomic E-state index is 11.7. The van der Waals surface area contributed by atoms with Crippen LogP contribution in [0.1, 0.15) is 19.4 Å². The molecule has 26 heavy (non-hydrogen) atoms. The van der Waals surface area contributed by atoms with Gasteiger partial charge in [-0.15, -0.1) is 0 Å². The van der Waals surface area contributed by atoms with E-state index in [-0.39, 0.29) is 18.3 Å². The minimum absolute atomic E-state index is 0.135. The lowest BCUT2D eigenvalue weighted by Crippen LogP contribution is -2.49. The van der Waals surface area contributed by atoms with Crippen LogP contribution >= 0.6 is 12.2 Å². The smallest absolute Gasteiger partial charge is 0.330 e. The molecule has 0 aliphatic heterocycles. The van der Waals surface area contributed by atoms with Crippen LogP contribution in [-0.4, -0.2) is 36.1 Å². The highest BCUT2D eigenvalue weighted by Crippen LogP contribution is 2.12. The van der Waals surface area contributed by atoms with E-state index in [0.29, 0.717) is 5.75 Å². The quantitative estimate of drug-likeness (QED) is 0.278. The van der Waals surface area contributed by atoms with Gasteiger partial charge in [-0.2, -0.15) is 0 Å². The van der Waals surface area contributed by atoms with E-state index in [9.17, 15) is 14.4 Å². The van der Waals surface area contributed by atoms with Gasteiger partial charge in [-0.1, -0.05) is 19.1 Å². The summed E-state index contributed by atoms with van der Waals surface area (Å²) in [7, 11) is 0. The van der Waals surface area contributed by atoms with Crippen molar-refractivity contribution in [2.75, 3.05) is 13.2 Å². The maximum Gasteiger partial charge on any atom is 0.330 e. The summed E-state index contributed by atoms with van der Waals surface area (Å²) in [5.41, 5.74) is 5.80. The van der Waals surface area contributed by atoms with Gasteiger partial charge in [0.05, 0.1) is 6.61 Å². The van der Waals surface area contributed by atoms with E-state index >= 15 is 0 Å². The van der Waals surface area contributed by atoms with Gasteiger partial charge in [0.1, 0.15) is 5.75 Å². The predicted octanol–water partition coefficient (Wildman–Crippen LogP) is 0.769. The standard InChI is InChI=1S/C17H21N3O5S/c1-3-12-5-7-13(8-6-12)25-11-15(22)19-20-17(26)18-14(21)9-10-16(23)24-4-2/h5-10H,3-4,11H2,1-2H3,(H,19,22)(H2,18,20,21,26). The first kappa shape index (κ1) is 21.1. The van der Waals surface area contributed by atoms with E-state index in [2.05, 4.69) is 20.9 Å². The number of esters is 1. The molecule has 0 bridgehead atoms. The number of benzene rings is 1. The molecule has 0 aromatic heterocycles. The van der Waals surface area contributed by atoms with Crippen molar-refractivity contribution in [2.45, 2.75) is 20.3 Å². The second kappa shape index (κ2) is 11.6. The normalized spacial score (nSPS) is 10.1. The third-order valence-electron chi connectivity index (χ3n) is 2.91. The first-order valence-electron chi connectivity index (χ1n) is 7.91. The molecule has 0 saturated heterocycles. The molecular weight excluding hydrogens is 358 g/mol. The van der Waals surface area contributed by atoms with Gasteiger partial charge in [0, 0.05) is 12.2 Å². The number of hydrogen-bond acceptors (Lipinski definition) is 6. The van der Waals surface area contributed by atoms with E-state index in [4.69, 9.17) is 17.0 Å². The first-order valence-corrected chi connectivity index (χ1v) is 8.31. The average Bonchev–Trinajstić information content (AvgIpc) is 2.63. The molecule has 1 rings (SSSR count). The first-order chi connectivity index (χ1) is 12.4. The number of amides is 2. The van der Waals surface area contributed by atoms with Crippen LogP contribution in [0.2, 0.25) is 0 Å². The van der Waals surface area contributed by atoms with Crippen molar-refractivity contribution in [3.63, 3.8) is 0 Å². The van der Waals surface area contributed by atoms with Gasteiger partial charge in [-0.05, 0) is 43.3 Å². The second-order valence-corrected chi connectivity index (χ2v) is 5.27. The number of aryl methyl sites for hydroxylation is 1. The Morgan fingerprint density at radius 2 is 1.77 bits per heavy atom. The number of carbonyl (C=O) groups excluding carboxylic acids is 3. The van der Waals surface area contributed by atoms with Crippen LogP contribution in [0.25, 0.3) is 0 Å². The molecule has 0 heterocycles. The lowest BCUT2D eigenvalue weighted by molar-refractivity contribution is -0.137. The fourth-order valence-corrected chi connectivity index (χ4v) is 1.80. The van der Waals surface area contributed by atoms with Crippen molar-refractivity contribution in [2.24, 2.45) is 0 Å². The van der Waals surface area contributed by atoms with Crippen LogP contribution in [-0.2, 0) is 25.5 Å². The molecule has 1 aromatic rings. The fourth-order valence-electron chi connectivity index (χ4n) is 1.65. The van der Waals surface area contributed by atoms with Crippen molar-refractivity contribution in [1.29, 1.82) is 0 Å². The van der Waals surface area contributed by atoms with Crippen molar-refractivity contribution in [1.82, 2.24) is 16.2 Å². The van der Waals surface area contributed by atoms with Crippen molar-refractivity contribution < 1.29 is 23.9 Å². The molecule has 0 unspecified atom stereocenters. The monoisotopic (exact) mass is 379 g/mol. The summed E-state index contributed by atoms with van der Waals surface area (Å²) in [4.78, 5) is 34.2. The van der Waals surface area contributed by atoms with Crippen molar-refractivity contribution >= 4 is 35.1 Å². The zero-order chi connectivity index (χ0) is 19.4. The molecule has 0 aliphatic rings. The van der Waals surface area contributed by atoms with E-state index in [0.717, 1.165) is 18.6 Å². The summed E-state index contributed by atoms with van der Waals surface area (Å²) in [6, 6.07) is 7.39. The Balaban J connectivity index is 2.27. The van der Waals surface area contributed by atoms with Crippen LogP contribution in [0.3, 0.4) is 0 Å². The van der Waals surface area contributed by atoms with Gasteiger partial charge in [0.25, 0.3) is 5.91 Å². The van der Waals surface area contributed by atoms with Gasteiger partial charge in [-0.3, -0.25) is 25.8 Å². The zero-order valence-electron chi connectivity index (χ0n) is 14.5. The molecule has 0 spiro atoms. The minimum atomic E-state index is -0.642. The SMILES string of the molecule is CCOC(=O)C=CC(=O)NC(=S)NNC(=O)COc1ccc(CC)cc1. The number of ether oxygens (including phenoxy) is 2. The second-order valence-electron chi connectivity index (χ2n) is 4.86. The number of carbonyl (C=O) groups is 3. The topological polar surface area (TPSA) is 106 Å². The van der Waals surface area contributed by atoms with Crippen LogP contribution < -0.4 is 20.9 Å². The van der Waals surface area contributed by atoms with Crippen LogP contribution in [0.15, 0.2) is 36.4 Å². The predicted molar refractivity (Wildman–Crippen MR) is 99.1 cm³/mol. The number of hydrogen-bond donors (Lipinski definition) is 3. The Bertz CT molecular complexity index is 673. The Kier molecular flexibility index (Phi) is 9.40. The van der Waals surface area contributed by atoms with Gasteiger partial charge in [0.2, 0.25) is 5.91 Å². The maximum absolute atomic E-state index is 11.7. The number of thiocarbonyl (C=S) groups is 1. The Hall–Kier alpha value is -2.94.